The second-order valence-corrected chi connectivity index (χ2v) is 11.7. The molecule has 5 nitrogen and oxygen atoms in total. The lowest BCUT2D eigenvalue weighted by molar-refractivity contribution is -0.00522. The molecule has 3 aliphatic rings. The van der Waals surface area contributed by atoms with Crippen LogP contribution in [0.3, 0.4) is 0 Å². The Balaban J connectivity index is 1.35. The molecule has 2 aliphatic heterocycles. The van der Waals surface area contributed by atoms with Crippen molar-refractivity contribution < 1.29 is 9.15 Å². The number of hydrogen-bond donors (Lipinski definition) is 0. The van der Waals surface area contributed by atoms with Crippen LogP contribution in [0.15, 0.2) is 41.0 Å². The molecule has 1 saturated carbocycles. The maximum atomic E-state index is 6.01. The van der Waals surface area contributed by atoms with Crippen LogP contribution in [0.5, 0.6) is 0 Å². The topological polar surface area (TPSA) is 32.1 Å². The van der Waals surface area contributed by atoms with Crippen LogP contribution in [-0.2, 0) is 11.3 Å². The van der Waals surface area contributed by atoms with Crippen molar-refractivity contribution in [2.75, 3.05) is 49.1 Å². The lowest BCUT2D eigenvalue weighted by atomic mass is 9.71. The van der Waals surface area contributed by atoms with Crippen LogP contribution in [0, 0.1) is 5.41 Å². The van der Waals surface area contributed by atoms with Crippen molar-refractivity contribution in [1.82, 2.24) is 4.90 Å². The van der Waals surface area contributed by atoms with E-state index in [1.165, 1.54) is 37.1 Å². The third kappa shape index (κ3) is 5.46. The summed E-state index contributed by atoms with van der Waals surface area (Å²) in [6, 6.07) is 11.4. The Morgan fingerprint density at radius 2 is 1.62 bits per heavy atom. The fraction of sp³-hybridized carbons (Fsp3) is 0.655. The number of hydrogen-bond acceptors (Lipinski definition) is 5. The van der Waals surface area contributed by atoms with Gasteiger partial charge in [0.25, 0.3) is 0 Å². The minimum Gasteiger partial charge on any atom is -0.468 e. The largest absolute Gasteiger partial charge is 0.468 e. The van der Waals surface area contributed by atoms with E-state index in [1.54, 1.807) is 11.8 Å². The van der Waals surface area contributed by atoms with Crippen LogP contribution in [0.4, 0.5) is 11.4 Å². The van der Waals surface area contributed by atoms with Crippen LogP contribution in [-0.4, -0.2) is 56.4 Å². The molecule has 34 heavy (non-hydrogen) atoms. The maximum Gasteiger partial charge on any atom is 0.117 e. The van der Waals surface area contributed by atoms with E-state index in [-0.39, 0.29) is 12.2 Å². The zero-order chi connectivity index (χ0) is 23.7. The summed E-state index contributed by atoms with van der Waals surface area (Å²) in [5, 5.41) is 0. The second kappa shape index (κ2) is 9.94. The molecule has 0 N–H and O–H groups in total. The summed E-state index contributed by atoms with van der Waals surface area (Å²) in [7, 11) is 0. The van der Waals surface area contributed by atoms with Crippen molar-refractivity contribution in [2.45, 2.75) is 78.0 Å². The van der Waals surface area contributed by atoms with Crippen molar-refractivity contribution in [1.29, 1.82) is 0 Å². The zero-order valence-electron chi connectivity index (χ0n) is 21.6. The monoisotopic (exact) mass is 465 g/mol. The van der Waals surface area contributed by atoms with Gasteiger partial charge in [-0.3, -0.25) is 4.90 Å². The fourth-order valence-electron chi connectivity index (χ4n) is 6.22. The molecule has 1 aromatic heterocycles. The molecule has 186 valence electrons. The lowest BCUT2D eigenvalue weighted by Crippen LogP contribution is -2.46. The van der Waals surface area contributed by atoms with Gasteiger partial charge in [0.1, 0.15) is 5.76 Å². The first-order valence-corrected chi connectivity index (χ1v) is 13.4. The van der Waals surface area contributed by atoms with Gasteiger partial charge in [-0.2, -0.15) is 0 Å². The summed E-state index contributed by atoms with van der Waals surface area (Å²) >= 11 is 0. The minimum absolute atomic E-state index is 0.282. The Hall–Kier alpha value is -1.98. The van der Waals surface area contributed by atoms with Gasteiger partial charge in [-0.1, -0.05) is 13.8 Å². The second-order valence-electron chi connectivity index (χ2n) is 11.7. The molecule has 5 heteroatoms. The van der Waals surface area contributed by atoms with E-state index >= 15 is 0 Å². The third-order valence-electron chi connectivity index (χ3n) is 8.25. The first-order valence-electron chi connectivity index (χ1n) is 13.4. The Kier molecular flexibility index (Phi) is 6.95. The molecule has 2 atom stereocenters. The third-order valence-corrected chi connectivity index (χ3v) is 8.25. The number of rotatable bonds is 5. The van der Waals surface area contributed by atoms with Crippen LogP contribution in [0.2, 0.25) is 0 Å². The van der Waals surface area contributed by atoms with Gasteiger partial charge in [-0.05, 0) is 86.8 Å². The van der Waals surface area contributed by atoms with E-state index < -0.39 is 0 Å². The van der Waals surface area contributed by atoms with Crippen LogP contribution >= 0.6 is 0 Å². The quantitative estimate of drug-likeness (QED) is 0.549. The van der Waals surface area contributed by atoms with E-state index in [2.05, 4.69) is 66.7 Å². The van der Waals surface area contributed by atoms with Gasteiger partial charge in [0.15, 0.2) is 0 Å². The predicted octanol–water partition coefficient (Wildman–Crippen LogP) is 5.90. The van der Waals surface area contributed by atoms with E-state index in [0.29, 0.717) is 11.3 Å². The molecule has 2 saturated heterocycles. The standard InChI is InChI=1S/C29H43N3O2/c1-22-19-32(20-23(2)34-22)25-7-8-28(27(18-25)24-9-11-29(3,4)12-10-24)31-15-13-30(14-16-31)21-26-6-5-17-33-26/h5-8,17-18,22-24H,9-16,19-21H2,1-4H3. The number of nitrogens with zero attached hydrogens (tertiary/aromatic N) is 3. The van der Waals surface area contributed by atoms with Gasteiger partial charge in [0.2, 0.25) is 0 Å². The first kappa shape index (κ1) is 23.7. The number of ether oxygens (including phenoxy) is 1. The highest BCUT2D eigenvalue weighted by atomic mass is 16.5. The SMILES string of the molecule is CC1CN(c2ccc(N3CCN(Cc4ccco4)CC3)c(C3CCC(C)(C)CC3)c2)CC(C)O1. The maximum absolute atomic E-state index is 6.01. The van der Waals surface area contributed by atoms with Crippen molar-refractivity contribution in [2.24, 2.45) is 5.41 Å². The molecule has 0 radical (unpaired) electrons. The van der Waals surface area contributed by atoms with Crippen LogP contribution in [0.25, 0.3) is 0 Å². The molecule has 0 spiro atoms. The Labute approximate surface area is 206 Å². The molecule has 3 heterocycles. The summed E-state index contributed by atoms with van der Waals surface area (Å²) in [4.78, 5) is 7.70. The predicted molar refractivity (Wildman–Crippen MR) is 140 cm³/mol. The highest BCUT2D eigenvalue weighted by Gasteiger charge is 2.31. The highest BCUT2D eigenvalue weighted by molar-refractivity contribution is 5.64. The summed E-state index contributed by atoms with van der Waals surface area (Å²) in [5.41, 5.74) is 4.92. The number of anilines is 2. The van der Waals surface area contributed by atoms with E-state index in [4.69, 9.17) is 9.15 Å². The van der Waals surface area contributed by atoms with Crippen LogP contribution in [0.1, 0.15) is 70.6 Å². The van der Waals surface area contributed by atoms with Crippen LogP contribution < -0.4 is 9.80 Å². The Morgan fingerprint density at radius 3 is 2.26 bits per heavy atom. The number of piperazine rings is 1. The van der Waals surface area contributed by atoms with Crippen molar-refractivity contribution in [3.8, 4) is 0 Å². The van der Waals surface area contributed by atoms with E-state index in [9.17, 15) is 0 Å². The average molecular weight is 466 g/mol. The molecule has 3 fully saturated rings. The Morgan fingerprint density at radius 1 is 0.912 bits per heavy atom. The number of furan rings is 1. The molecular weight excluding hydrogens is 422 g/mol. The minimum atomic E-state index is 0.282. The molecule has 0 bridgehead atoms. The molecule has 0 amide bonds. The van der Waals surface area contributed by atoms with Gasteiger partial charge < -0.3 is 19.0 Å². The van der Waals surface area contributed by atoms with E-state index in [1.807, 2.05) is 6.07 Å². The molecule has 5 rings (SSSR count). The first-order chi connectivity index (χ1) is 16.4. The number of benzene rings is 1. The summed E-state index contributed by atoms with van der Waals surface area (Å²) < 4.78 is 11.6. The summed E-state index contributed by atoms with van der Waals surface area (Å²) in [6.45, 7) is 16.5. The highest BCUT2D eigenvalue weighted by Crippen LogP contribution is 2.46. The molecular formula is C29H43N3O2. The molecule has 1 aliphatic carbocycles. The number of morpholine rings is 1. The fourth-order valence-corrected chi connectivity index (χ4v) is 6.22. The Bertz CT molecular complexity index is 913. The van der Waals surface area contributed by atoms with Crippen molar-refractivity contribution in [3.05, 3.63) is 47.9 Å². The summed E-state index contributed by atoms with van der Waals surface area (Å²) in [5.74, 6) is 1.73. The van der Waals surface area contributed by atoms with Gasteiger partial charge in [0.05, 0.1) is 25.0 Å². The van der Waals surface area contributed by atoms with Gasteiger partial charge in [-0.25, -0.2) is 0 Å². The zero-order valence-corrected chi connectivity index (χ0v) is 21.6. The lowest BCUT2D eigenvalue weighted by Gasteiger charge is -2.41. The average Bonchev–Trinajstić information content (AvgIpc) is 3.32. The smallest absolute Gasteiger partial charge is 0.117 e. The normalized spacial score (nSPS) is 26.7. The van der Waals surface area contributed by atoms with Crippen molar-refractivity contribution in [3.63, 3.8) is 0 Å². The molecule has 1 aromatic carbocycles. The van der Waals surface area contributed by atoms with Gasteiger partial charge in [0, 0.05) is 50.6 Å². The molecule has 2 aromatic rings. The van der Waals surface area contributed by atoms with E-state index in [0.717, 1.165) is 51.6 Å². The summed E-state index contributed by atoms with van der Waals surface area (Å²) in [6.07, 6.45) is 7.60. The van der Waals surface area contributed by atoms with Gasteiger partial charge >= 0.3 is 0 Å². The van der Waals surface area contributed by atoms with Gasteiger partial charge in [-0.15, -0.1) is 0 Å². The molecule has 2 unspecified atom stereocenters. The van der Waals surface area contributed by atoms with Crippen molar-refractivity contribution >= 4 is 11.4 Å².